The molecule has 2 heteroatoms. The fraction of sp³-hybridized carbons (Fsp3) is 0.231. The molecule has 0 aliphatic heterocycles. The van der Waals surface area contributed by atoms with Crippen LogP contribution >= 0.6 is 11.3 Å². The molecule has 0 atom stereocenters. The lowest BCUT2D eigenvalue weighted by molar-refractivity contribution is 1.06. The number of nitrogens with one attached hydrogen (secondary N) is 1. The average molecular weight is 213 g/mol. The van der Waals surface area contributed by atoms with E-state index in [1.807, 2.05) is 11.3 Å². The molecule has 74 valence electrons. The van der Waals surface area contributed by atoms with Gasteiger partial charge in [0, 0.05) is 21.2 Å². The molecule has 0 amide bonds. The summed E-state index contributed by atoms with van der Waals surface area (Å²) in [6.45, 7) is 0. The summed E-state index contributed by atoms with van der Waals surface area (Å²) in [6.07, 6.45) is 2.72. The zero-order valence-electron chi connectivity index (χ0n) is 8.29. The fourth-order valence-electron chi connectivity index (χ4n) is 2.28. The summed E-state index contributed by atoms with van der Waals surface area (Å²) in [4.78, 5) is 3.59. The highest BCUT2D eigenvalue weighted by atomic mass is 32.1. The van der Waals surface area contributed by atoms with Crippen molar-refractivity contribution in [3.8, 4) is 0 Å². The molecular formula is C13H11NS. The van der Waals surface area contributed by atoms with Crippen molar-refractivity contribution >= 4 is 32.3 Å². The third kappa shape index (κ3) is 1.08. The van der Waals surface area contributed by atoms with Crippen molar-refractivity contribution in [2.24, 2.45) is 0 Å². The first-order valence-electron chi connectivity index (χ1n) is 5.41. The highest BCUT2D eigenvalue weighted by Crippen LogP contribution is 2.41. The number of H-pyrrole nitrogens is 1. The second-order valence-corrected chi connectivity index (χ2v) is 5.31. The van der Waals surface area contributed by atoms with Crippen LogP contribution in [0.4, 0.5) is 0 Å². The minimum absolute atomic E-state index is 0.811. The maximum Gasteiger partial charge on any atom is 0.0544 e. The van der Waals surface area contributed by atoms with Crippen LogP contribution < -0.4 is 0 Å². The highest BCUT2D eigenvalue weighted by Gasteiger charge is 2.25. The molecule has 1 aromatic carbocycles. The molecule has 2 aromatic heterocycles. The molecule has 0 unspecified atom stereocenters. The molecule has 0 saturated heterocycles. The van der Waals surface area contributed by atoms with E-state index in [1.165, 1.54) is 39.5 Å². The van der Waals surface area contributed by atoms with Gasteiger partial charge in [-0.15, -0.1) is 11.3 Å². The lowest BCUT2D eigenvalue weighted by Crippen LogP contribution is -1.75. The Bertz CT molecular complexity index is 643. The summed E-state index contributed by atoms with van der Waals surface area (Å²) in [7, 11) is 0. The van der Waals surface area contributed by atoms with E-state index in [0.29, 0.717) is 0 Å². The van der Waals surface area contributed by atoms with Crippen molar-refractivity contribution in [3.05, 3.63) is 35.3 Å². The topological polar surface area (TPSA) is 15.8 Å². The van der Waals surface area contributed by atoms with Crippen LogP contribution in [0.3, 0.4) is 0 Å². The predicted molar refractivity (Wildman–Crippen MR) is 65.7 cm³/mol. The molecule has 1 N–H and O–H groups in total. The fourth-order valence-corrected chi connectivity index (χ4v) is 3.08. The molecule has 1 aliphatic rings. The van der Waals surface area contributed by atoms with Gasteiger partial charge >= 0.3 is 0 Å². The van der Waals surface area contributed by atoms with Crippen LogP contribution in [0.2, 0.25) is 0 Å². The summed E-state index contributed by atoms with van der Waals surface area (Å²) < 4.78 is 1.38. The van der Waals surface area contributed by atoms with Gasteiger partial charge in [0.2, 0.25) is 0 Å². The second-order valence-electron chi connectivity index (χ2n) is 4.36. The summed E-state index contributed by atoms with van der Waals surface area (Å²) in [5.41, 5.74) is 2.76. The van der Waals surface area contributed by atoms with Crippen LogP contribution in [0.15, 0.2) is 29.6 Å². The first kappa shape index (κ1) is 7.94. The maximum atomic E-state index is 3.59. The van der Waals surface area contributed by atoms with E-state index >= 15 is 0 Å². The first-order chi connectivity index (χ1) is 7.42. The van der Waals surface area contributed by atoms with Gasteiger partial charge in [0.25, 0.3) is 0 Å². The second kappa shape index (κ2) is 2.64. The van der Waals surface area contributed by atoms with E-state index in [0.717, 1.165) is 5.92 Å². The molecule has 1 nitrogen and oxygen atoms in total. The minimum atomic E-state index is 0.811. The van der Waals surface area contributed by atoms with E-state index in [9.17, 15) is 0 Å². The number of hydrogen-bond donors (Lipinski definition) is 1. The lowest BCUT2D eigenvalue weighted by atomic mass is 10.2. The molecule has 0 bridgehead atoms. The third-order valence-corrected chi connectivity index (χ3v) is 4.15. The normalized spacial score (nSPS) is 16.5. The number of aromatic nitrogens is 1. The number of aromatic amines is 1. The van der Waals surface area contributed by atoms with Gasteiger partial charge < -0.3 is 4.98 Å². The van der Waals surface area contributed by atoms with Crippen LogP contribution in [0.5, 0.6) is 0 Å². The molecule has 1 aliphatic carbocycles. The Morgan fingerprint density at radius 3 is 3.00 bits per heavy atom. The number of fused-ring (bicyclic) bond motifs is 3. The summed E-state index contributed by atoms with van der Waals surface area (Å²) in [5.74, 6) is 0.811. The molecule has 2 heterocycles. The Morgan fingerprint density at radius 2 is 2.13 bits per heavy atom. The SMILES string of the molecule is c1cc2c(ccc3cc(C4CC4)[nH]c32)s1. The first-order valence-corrected chi connectivity index (χ1v) is 6.28. The zero-order valence-corrected chi connectivity index (χ0v) is 9.10. The smallest absolute Gasteiger partial charge is 0.0544 e. The van der Waals surface area contributed by atoms with Gasteiger partial charge in [0.05, 0.1) is 5.52 Å². The van der Waals surface area contributed by atoms with Crippen LogP contribution in [-0.4, -0.2) is 4.98 Å². The largest absolute Gasteiger partial charge is 0.358 e. The molecule has 4 rings (SSSR count). The van der Waals surface area contributed by atoms with Gasteiger partial charge in [-0.05, 0) is 42.3 Å². The van der Waals surface area contributed by atoms with Gasteiger partial charge in [0.1, 0.15) is 0 Å². The van der Waals surface area contributed by atoms with Crippen LogP contribution in [0.1, 0.15) is 24.5 Å². The van der Waals surface area contributed by atoms with E-state index in [-0.39, 0.29) is 0 Å². The summed E-state index contributed by atoms with van der Waals surface area (Å²) in [5, 5.41) is 4.91. The van der Waals surface area contributed by atoms with Gasteiger partial charge in [-0.25, -0.2) is 0 Å². The molecule has 3 aromatic rings. The van der Waals surface area contributed by atoms with Gasteiger partial charge in [-0.3, -0.25) is 0 Å². The van der Waals surface area contributed by atoms with Crippen LogP contribution in [-0.2, 0) is 0 Å². The number of rotatable bonds is 1. The monoisotopic (exact) mass is 213 g/mol. The Hall–Kier alpha value is -1.28. The number of benzene rings is 1. The van der Waals surface area contributed by atoms with E-state index in [2.05, 4.69) is 34.6 Å². The third-order valence-electron chi connectivity index (χ3n) is 3.26. The molecule has 0 spiro atoms. The van der Waals surface area contributed by atoms with Crippen molar-refractivity contribution in [1.82, 2.24) is 4.98 Å². The van der Waals surface area contributed by atoms with Crippen molar-refractivity contribution in [3.63, 3.8) is 0 Å². The molecule has 15 heavy (non-hydrogen) atoms. The Kier molecular flexibility index (Phi) is 1.40. The van der Waals surface area contributed by atoms with E-state index < -0.39 is 0 Å². The molecular weight excluding hydrogens is 202 g/mol. The van der Waals surface area contributed by atoms with E-state index in [4.69, 9.17) is 0 Å². The summed E-state index contributed by atoms with van der Waals surface area (Å²) >= 11 is 1.82. The summed E-state index contributed by atoms with van der Waals surface area (Å²) in [6, 6.07) is 9.00. The van der Waals surface area contributed by atoms with Crippen molar-refractivity contribution in [2.45, 2.75) is 18.8 Å². The zero-order chi connectivity index (χ0) is 9.83. The van der Waals surface area contributed by atoms with Crippen LogP contribution in [0.25, 0.3) is 21.0 Å². The van der Waals surface area contributed by atoms with Crippen LogP contribution in [0, 0.1) is 0 Å². The van der Waals surface area contributed by atoms with Crippen molar-refractivity contribution < 1.29 is 0 Å². The molecule has 0 radical (unpaired) electrons. The standard InChI is InChI=1S/C13H11NS/c1-2-8(1)11-7-9-3-4-12-10(5-6-15-12)13(9)14-11/h3-8,14H,1-2H2. The Balaban J connectivity index is 2.12. The van der Waals surface area contributed by atoms with Crippen molar-refractivity contribution in [2.75, 3.05) is 0 Å². The molecule has 1 fully saturated rings. The minimum Gasteiger partial charge on any atom is -0.358 e. The maximum absolute atomic E-state index is 3.59. The predicted octanol–water partition coefficient (Wildman–Crippen LogP) is 4.26. The number of thiophene rings is 1. The van der Waals surface area contributed by atoms with Gasteiger partial charge in [-0.1, -0.05) is 6.07 Å². The van der Waals surface area contributed by atoms with E-state index in [1.54, 1.807) is 0 Å². The Labute approximate surface area is 91.7 Å². The Morgan fingerprint density at radius 1 is 1.20 bits per heavy atom. The highest BCUT2D eigenvalue weighted by molar-refractivity contribution is 7.17. The van der Waals surface area contributed by atoms with Gasteiger partial charge in [-0.2, -0.15) is 0 Å². The lowest BCUT2D eigenvalue weighted by Gasteiger charge is -1.92. The van der Waals surface area contributed by atoms with Gasteiger partial charge in [0.15, 0.2) is 0 Å². The quantitative estimate of drug-likeness (QED) is 0.621. The molecule has 1 saturated carbocycles. The van der Waals surface area contributed by atoms with Crippen molar-refractivity contribution in [1.29, 1.82) is 0 Å². The number of hydrogen-bond acceptors (Lipinski definition) is 1. The average Bonchev–Trinajstić information content (AvgIpc) is 2.84.